The standard InChI is InChI=1S/C12H17N3OS/c1-2-9-4-3-5-13-10(9)6-14-12(16)11-7-17-8-15-11/h3-5,11,15H,2,6-8H2,1H3,(H,14,16). The van der Waals surface area contributed by atoms with Gasteiger partial charge in [-0.25, -0.2) is 0 Å². The van der Waals surface area contributed by atoms with Crippen molar-refractivity contribution in [3.63, 3.8) is 0 Å². The van der Waals surface area contributed by atoms with Gasteiger partial charge in [-0.3, -0.25) is 15.1 Å². The summed E-state index contributed by atoms with van der Waals surface area (Å²) in [5.74, 6) is 1.79. The van der Waals surface area contributed by atoms with Gasteiger partial charge in [-0.05, 0) is 18.1 Å². The fourth-order valence-corrected chi connectivity index (χ4v) is 2.75. The van der Waals surface area contributed by atoms with Crippen LogP contribution in [0.1, 0.15) is 18.2 Å². The molecule has 1 amide bonds. The van der Waals surface area contributed by atoms with Crippen LogP contribution >= 0.6 is 11.8 Å². The van der Waals surface area contributed by atoms with Crippen LogP contribution in [0.25, 0.3) is 0 Å². The molecule has 2 rings (SSSR count). The Bertz CT molecular complexity index is 391. The molecule has 1 saturated heterocycles. The number of carbonyl (C=O) groups is 1. The number of nitrogens with one attached hydrogen (secondary N) is 2. The minimum Gasteiger partial charge on any atom is -0.349 e. The summed E-state index contributed by atoms with van der Waals surface area (Å²) in [6, 6.07) is 3.94. The summed E-state index contributed by atoms with van der Waals surface area (Å²) in [6.45, 7) is 2.61. The quantitative estimate of drug-likeness (QED) is 0.835. The van der Waals surface area contributed by atoms with Crippen LogP contribution in [0.15, 0.2) is 18.3 Å². The monoisotopic (exact) mass is 251 g/mol. The zero-order valence-electron chi connectivity index (χ0n) is 9.90. The zero-order valence-corrected chi connectivity index (χ0v) is 10.7. The fraction of sp³-hybridized carbons (Fsp3) is 0.500. The second kappa shape index (κ2) is 6.02. The summed E-state index contributed by atoms with van der Waals surface area (Å²) in [5.41, 5.74) is 2.16. The van der Waals surface area contributed by atoms with E-state index in [1.54, 1.807) is 18.0 Å². The van der Waals surface area contributed by atoms with Gasteiger partial charge in [-0.15, -0.1) is 11.8 Å². The number of aromatic nitrogens is 1. The van der Waals surface area contributed by atoms with E-state index in [1.807, 2.05) is 6.07 Å². The first-order chi connectivity index (χ1) is 8.31. The van der Waals surface area contributed by atoms with Crippen LogP contribution in [-0.2, 0) is 17.8 Å². The summed E-state index contributed by atoms with van der Waals surface area (Å²) in [4.78, 5) is 16.1. The summed E-state index contributed by atoms with van der Waals surface area (Å²) in [7, 11) is 0. The molecular weight excluding hydrogens is 234 g/mol. The van der Waals surface area contributed by atoms with Crippen molar-refractivity contribution >= 4 is 17.7 Å². The van der Waals surface area contributed by atoms with Crippen molar-refractivity contribution < 1.29 is 4.79 Å². The third-order valence-electron chi connectivity index (χ3n) is 2.83. The van der Waals surface area contributed by atoms with Crippen LogP contribution in [-0.4, -0.2) is 28.6 Å². The van der Waals surface area contributed by atoms with E-state index in [-0.39, 0.29) is 11.9 Å². The van der Waals surface area contributed by atoms with Crippen molar-refractivity contribution in [2.75, 3.05) is 11.6 Å². The first-order valence-electron chi connectivity index (χ1n) is 5.83. The lowest BCUT2D eigenvalue weighted by Crippen LogP contribution is -2.41. The van der Waals surface area contributed by atoms with Crippen molar-refractivity contribution in [3.8, 4) is 0 Å². The molecule has 1 aromatic heterocycles. The second-order valence-corrected chi connectivity index (χ2v) is 4.98. The Kier molecular flexibility index (Phi) is 4.39. The maximum Gasteiger partial charge on any atom is 0.238 e. The Balaban J connectivity index is 1.90. The number of amides is 1. The maximum absolute atomic E-state index is 11.8. The highest BCUT2D eigenvalue weighted by Gasteiger charge is 2.22. The van der Waals surface area contributed by atoms with Crippen molar-refractivity contribution in [1.29, 1.82) is 0 Å². The highest BCUT2D eigenvalue weighted by molar-refractivity contribution is 7.99. The van der Waals surface area contributed by atoms with Gasteiger partial charge in [0.2, 0.25) is 5.91 Å². The number of carbonyl (C=O) groups excluding carboxylic acids is 1. The third kappa shape index (κ3) is 3.20. The van der Waals surface area contributed by atoms with E-state index in [9.17, 15) is 4.79 Å². The van der Waals surface area contributed by atoms with Crippen molar-refractivity contribution in [1.82, 2.24) is 15.6 Å². The lowest BCUT2D eigenvalue weighted by Gasteiger charge is -2.11. The molecule has 1 atom stereocenters. The van der Waals surface area contributed by atoms with E-state index in [0.29, 0.717) is 6.54 Å². The van der Waals surface area contributed by atoms with Gasteiger partial charge in [-0.2, -0.15) is 0 Å². The summed E-state index contributed by atoms with van der Waals surface area (Å²) in [5, 5.41) is 6.09. The van der Waals surface area contributed by atoms with Gasteiger partial charge in [0.15, 0.2) is 0 Å². The van der Waals surface area contributed by atoms with E-state index in [0.717, 1.165) is 23.7 Å². The van der Waals surface area contributed by atoms with Crippen LogP contribution < -0.4 is 10.6 Å². The number of nitrogens with zero attached hydrogens (tertiary/aromatic N) is 1. The normalized spacial score (nSPS) is 19.2. The molecule has 1 fully saturated rings. The van der Waals surface area contributed by atoms with Crippen LogP contribution in [0, 0.1) is 0 Å². The van der Waals surface area contributed by atoms with Crippen LogP contribution in [0.4, 0.5) is 0 Å². The number of hydrogen-bond donors (Lipinski definition) is 2. The predicted molar refractivity (Wildman–Crippen MR) is 69.7 cm³/mol. The van der Waals surface area contributed by atoms with Crippen molar-refractivity contribution in [3.05, 3.63) is 29.6 Å². The van der Waals surface area contributed by atoms with E-state index in [2.05, 4.69) is 28.6 Å². The highest BCUT2D eigenvalue weighted by Crippen LogP contribution is 2.10. The Labute approximate surface area is 106 Å². The predicted octanol–water partition coefficient (Wildman–Crippen LogP) is 0.923. The molecule has 5 heteroatoms. The first-order valence-corrected chi connectivity index (χ1v) is 6.98. The molecule has 1 aromatic rings. The molecule has 0 aromatic carbocycles. The molecule has 1 unspecified atom stereocenters. The van der Waals surface area contributed by atoms with Gasteiger partial charge in [-0.1, -0.05) is 13.0 Å². The Morgan fingerprint density at radius 1 is 1.71 bits per heavy atom. The van der Waals surface area contributed by atoms with Gasteiger partial charge in [0.05, 0.1) is 18.3 Å². The molecule has 0 radical (unpaired) electrons. The molecule has 92 valence electrons. The molecule has 0 aliphatic carbocycles. The second-order valence-electron chi connectivity index (χ2n) is 3.95. The third-order valence-corrected chi connectivity index (χ3v) is 3.77. The molecule has 0 spiro atoms. The maximum atomic E-state index is 11.8. The number of pyridine rings is 1. The lowest BCUT2D eigenvalue weighted by molar-refractivity contribution is -0.122. The van der Waals surface area contributed by atoms with Crippen LogP contribution in [0.2, 0.25) is 0 Å². The summed E-state index contributed by atoms with van der Waals surface area (Å²) in [6.07, 6.45) is 2.71. The van der Waals surface area contributed by atoms with E-state index in [4.69, 9.17) is 0 Å². The number of rotatable bonds is 4. The average molecular weight is 251 g/mol. The first kappa shape index (κ1) is 12.4. The van der Waals surface area contributed by atoms with Gasteiger partial charge >= 0.3 is 0 Å². The van der Waals surface area contributed by atoms with Crippen molar-refractivity contribution in [2.45, 2.75) is 25.9 Å². The topological polar surface area (TPSA) is 54.0 Å². The molecule has 0 saturated carbocycles. The molecule has 17 heavy (non-hydrogen) atoms. The SMILES string of the molecule is CCc1cccnc1CNC(=O)C1CSCN1. The highest BCUT2D eigenvalue weighted by atomic mass is 32.2. The molecule has 1 aliphatic rings. The Hall–Kier alpha value is -1.07. The van der Waals surface area contributed by atoms with Gasteiger partial charge in [0.1, 0.15) is 0 Å². The van der Waals surface area contributed by atoms with Gasteiger partial charge in [0, 0.05) is 17.8 Å². The number of thioether (sulfide) groups is 1. The minimum atomic E-state index is -0.0474. The molecular formula is C12H17N3OS. The number of aryl methyl sites for hydroxylation is 1. The van der Waals surface area contributed by atoms with Crippen LogP contribution in [0.5, 0.6) is 0 Å². The van der Waals surface area contributed by atoms with Gasteiger partial charge < -0.3 is 5.32 Å². The van der Waals surface area contributed by atoms with E-state index >= 15 is 0 Å². The Morgan fingerprint density at radius 3 is 3.29 bits per heavy atom. The largest absolute Gasteiger partial charge is 0.349 e. The van der Waals surface area contributed by atoms with E-state index in [1.165, 1.54) is 5.56 Å². The minimum absolute atomic E-state index is 0.0474. The fourth-order valence-electron chi connectivity index (χ4n) is 1.81. The smallest absolute Gasteiger partial charge is 0.238 e. The lowest BCUT2D eigenvalue weighted by atomic mass is 10.1. The van der Waals surface area contributed by atoms with Crippen molar-refractivity contribution in [2.24, 2.45) is 0 Å². The zero-order chi connectivity index (χ0) is 12.1. The average Bonchev–Trinajstić information content (AvgIpc) is 2.90. The van der Waals surface area contributed by atoms with Gasteiger partial charge in [0.25, 0.3) is 0 Å². The number of hydrogen-bond acceptors (Lipinski definition) is 4. The summed E-state index contributed by atoms with van der Waals surface area (Å²) < 4.78 is 0. The molecule has 4 nitrogen and oxygen atoms in total. The molecule has 0 bridgehead atoms. The molecule has 2 N–H and O–H groups in total. The molecule has 2 heterocycles. The van der Waals surface area contributed by atoms with Crippen LogP contribution in [0.3, 0.4) is 0 Å². The van der Waals surface area contributed by atoms with E-state index < -0.39 is 0 Å². The Morgan fingerprint density at radius 2 is 2.59 bits per heavy atom. The summed E-state index contributed by atoms with van der Waals surface area (Å²) >= 11 is 1.75. The molecule has 1 aliphatic heterocycles.